The first-order chi connectivity index (χ1) is 15.5. The second-order valence-electron chi connectivity index (χ2n) is 7.54. The summed E-state index contributed by atoms with van der Waals surface area (Å²) in [7, 11) is 0. The van der Waals surface area contributed by atoms with Crippen molar-refractivity contribution in [3.8, 4) is 16.8 Å². The summed E-state index contributed by atoms with van der Waals surface area (Å²) in [5, 5.41) is 14.9. The third-order valence-corrected chi connectivity index (χ3v) is 5.54. The van der Waals surface area contributed by atoms with Crippen molar-refractivity contribution < 1.29 is 19.0 Å². The van der Waals surface area contributed by atoms with Gasteiger partial charge in [0, 0.05) is 31.0 Å². The van der Waals surface area contributed by atoms with E-state index in [1.807, 2.05) is 31.2 Å². The molecule has 0 saturated carbocycles. The summed E-state index contributed by atoms with van der Waals surface area (Å²) in [5.74, 6) is -1.80. The number of anilines is 1. The fourth-order valence-electron chi connectivity index (χ4n) is 4.00. The third kappa shape index (κ3) is 3.56. The van der Waals surface area contributed by atoms with Gasteiger partial charge in [-0.15, -0.1) is 0 Å². The van der Waals surface area contributed by atoms with Crippen LogP contribution in [0.1, 0.15) is 16.2 Å². The van der Waals surface area contributed by atoms with Crippen LogP contribution in [0.15, 0.2) is 48.7 Å². The molecule has 4 heterocycles. The molecule has 1 aliphatic rings. The van der Waals surface area contributed by atoms with Gasteiger partial charge in [-0.2, -0.15) is 9.49 Å². The Labute approximate surface area is 182 Å². The van der Waals surface area contributed by atoms with Gasteiger partial charge in [0.15, 0.2) is 11.3 Å². The Kier molecular flexibility index (Phi) is 5.02. The molecular weight excluding hydrogens is 413 g/mol. The Morgan fingerprint density at radius 3 is 2.53 bits per heavy atom. The molecule has 1 N–H and O–H groups in total. The molecule has 1 aliphatic heterocycles. The molecule has 3 aromatic heterocycles. The molecule has 8 nitrogen and oxygen atoms in total. The van der Waals surface area contributed by atoms with Crippen molar-refractivity contribution in [3.63, 3.8) is 0 Å². The molecule has 0 aliphatic carbocycles. The maximum Gasteiger partial charge on any atom is 0.354 e. The highest BCUT2D eigenvalue weighted by molar-refractivity contribution is 6.00. The maximum absolute atomic E-state index is 13.7. The number of hydrogen-bond donors (Lipinski definition) is 1. The lowest BCUT2D eigenvalue weighted by Crippen LogP contribution is -2.36. The number of pyridine rings is 2. The SMILES string of the molecule is Cc1nn(-c2ccnc(F)c2)c2nc(C(=O)O)cc(-c3ccc(N4CCOCC4)cc3)c12. The number of carbonyl (C=O) groups is 1. The minimum absolute atomic E-state index is 0.111. The van der Waals surface area contributed by atoms with Gasteiger partial charge >= 0.3 is 5.97 Å². The number of aryl methyl sites for hydroxylation is 1. The van der Waals surface area contributed by atoms with Crippen molar-refractivity contribution in [2.75, 3.05) is 31.2 Å². The summed E-state index contributed by atoms with van der Waals surface area (Å²) in [6.45, 7) is 4.88. The monoisotopic (exact) mass is 433 g/mol. The van der Waals surface area contributed by atoms with Gasteiger partial charge < -0.3 is 14.7 Å². The van der Waals surface area contributed by atoms with Crippen LogP contribution in [0.3, 0.4) is 0 Å². The van der Waals surface area contributed by atoms with E-state index in [1.54, 1.807) is 12.1 Å². The number of halogens is 1. The molecule has 5 rings (SSSR count). The molecule has 0 atom stereocenters. The third-order valence-electron chi connectivity index (χ3n) is 5.54. The number of carboxylic acid groups (broad SMARTS) is 1. The van der Waals surface area contributed by atoms with Crippen LogP contribution in [0.4, 0.5) is 10.1 Å². The first-order valence-electron chi connectivity index (χ1n) is 10.2. The van der Waals surface area contributed by atoms with Crippen LogP contribution in [0.25, 0.3) is 27.8 Å². The number of aromatic nitrogens is 4. The van der Waals surface area contributed by atoms with Crippen molar-refractivity contribution in [2.24, 2.45) is 0 Å². The first kappa shape index (κ1) is 20.1. The first-order valence-corrected chi connectivity index (χ1v) is 10.2. The molecule has 1 aromatic carbocycles. The van der Waals surface area contributed by atoms with Gasteiger partial charge in [-0.3, -0.25) is 0 Å². The molecule has 0 bridgehead atoms. The van der Waals surface area contributed by atoms with Crippen LogP contribution < -0.4 is 4.90 Å². The summed E-state index contributed by atoms with van der Waals surface area (Å²) in [5.41, 5.74) is 3.95. The van der Waals surface area contributed by atoms with E-state index in [-0.39, 0.29) is 5.69 Å². The topological polar surface area (TPSA) is 93.4 Å². The van der Waals surface area contributed by atoms with E-state index in [2.05, 4.69) is 20.0 Å². The number of rotatable bonds is 4. The maximum atomic E-state index is 13.7. The lowest BCUT2D eigenvalue weighted by atomic mass is 10.0. The van der Waals surface area contributed by atoms with E-state index >= 15 is 0 Å². The average molecular weight is 433 g/mol. The summed E-state index contributed by atoms with van der Waals surface area (Å²) < 4.78 is 20.6. The highest BCUT2D eigenvalue weighted by atomic mass is 19.1. The van der Waals surface area contributed by atoms with Crippen LogP contribution >= 0.6 is 0 Å². The lowest BCUT2D eigenvalue weighted by molar-refractivity contribution is 0.0691. The predicted octanol–water partition coefficient (Wildman–Crippen LogP) is 3.46. The smallest absolute Gasteiger partial charge is 0.354 e. The highest BCUT2D eigenvalue weighted by Crippen LogP contribution is 2.33. The molecule has 0 radical (unpaired) electrons. The number of fused-ring (bicyclic) bond motifs is 1. The van der Waals surface area contributed by atoms with E-state index in [0.29, 0.717) is 41.2 Å². The minimum atomic E-state index is -1.15. The Balaban J connectivity index is 1.66. The summed E-state index contributed by atoms with van der Waals surface area (Å²) in [6.07, 6.45) is 1.33. The summed E-state index contributed by atoms with van der Waals surface area (Å²) in [4.78, 5) is 22.0. The highest BCUT2D eigenvalue weighted by Gasteiger charge is 2.20. The second-order valence-corrected chi connectivity index (χ2v) is 7.54. The molecule has 32 heavy (non-hydrogen) atoms. The molecule has 162 valence electrons. The zero-order chi connectivity index (χ0) is 22.2. The van der Waals surface area contributed by atoms with Gasteiger partial charge in [0.2, 0.25) is 5.95 Å². The van der Waals surface area contributed by atoms with E-state index in [0.717, 1.165) is 24.3 Å². The number of aromatic carboxylic acids is 1. The molecule has 4 aromatic rings. The van der Waals surface area contributed by atoms with Crippen LogP contribution in [0, 0.1) is 12.9 Å². The zero-order valence-corrected chi connectivity index (χ0v) is 17.3. The fraction of sp³-hybridized carbons (Fsp3) is 0.217. The van der Waals surface area contributed by atoms with Crippen molar-refractivity contribution in [1.29, 1.82) is 0 Å². The van der Waals surface area contributed by atoms with Crippen LogP contribution in [-0.2, 0) is 4.74 Å². The van der Waals surface area contributed by atoms with Gasteiger partial charge in [-0.25, -0.2) is 19.4 Å². The molecule has 0 unspecified atom stereocenters. The van der Waals surface area contributed by atoms with E-state index in [9.17, 15) is 14.3 Å². The van der Waals surface area contributed by atoms with Crippen molar-refractivity contribution in [1.82, 2.24) is 19.7 Å². The molecule has 1 saturated heterocycles. The van der Waals surface area contributed by atoms with E-state index < -0.39 is 11.9 Å². The van der Waals surface area contributed by atoms with Gasteiger partial charge in [-0.1, -0.05) is 12.1 Å². The Bertz CT molecular complexity index is 1310. The fourth-order valence-corrected chi connectivity index (χ4v) is 4.00. The molecule has 1 fully saturated rings. The van der Waals surface area contributed by atoms with Crippen LogP contribution in [-0.4, -0.2) is 57.1 Å². The second kappa shape index (κ2) is 8.01. The largest absolute Gasteiger partial charge is 0.477 e. The van der Waals surface area contributed by atoms with Gasteiger partial charge in [0.1, 0.15) is 0 Å². The van der Waals surface area contributed by atoms with Gasteiger partial charge in [0.05, 0.1) is 30.0 Å². The molecular formula is C23H20FN5O3. The number of carboxylic acids is 1. The summed E-state index contributed by atoms with van der Waals surface area (Å²) in [6, 6.07) is 12.4. The minimum Gasteiger partial charge on any atom is -0.477 e. The zero-order valence-electron chi connectivity index (χ0n) is 17.3. The van der Waals surface area contributed by atoms with Gasteiger partial charge in [-0.05, 0) is 42.3 Å². The predicted molar refractivity (Wildman–Crippen MR) is 117 cm³/mol. The average Bonchev–Trinajstić information content (AvgIpc) is 3.16. The normalized spacial score (nSPS) is 14.1. The Hall–Kier alpha value is -3.85. The molecule has 0 spiro atoms. The van der Waals surface area contributed by atoms with E-state index in [1.165, 1.54) is 16.9 Å². The standard InChI is InChI=1S/C23H20FN5O3/c1-14-21-18(15-2-4-16(5-3-15)28-8-10-32-11-9-28)13-19(23(30)31)26-22(21)29(27-14)17-6-7-25-20(24)12-17/h2-7,12-13H,8-11H2,1H3,(H,30,31). The van der Waals surface area contributed by atoms with E-state index in [4.69, 9.17) is 4.74 Å². The van der Waals surface area contributed by atoms with Crippen molar-refractivity contribution in [3.05, 3.63) is 66.0 Å². The van der Waals surface area contributed by atoms with Gasteiger partial charge in [0.25, 0.3) is 0 Å². The Morgan fingerprint density at radius 1 is 1.09 bits per heavy atom. The number of benzene rings is 1. The number of ether oxygens (including phenoxy) is 1. The lowest BCUT2D eigenvalue weighted by Gasteiger charge is -2.29. The number of nitrogens with zero attached hydrogens (tertiary/aromatic N) is 5. The Morgan fingerprint density at radius 2 is 1.84 bits per heavy atom. The number of morpholine rings is 1. The van der Waals surface area contributed by atoms with Crippen LogP contribution in [0.2, 0.25) is 0 Å². The van der Waals surface area contributed by atoms with Crippen molar-refractivity contribution >= 4 is 22.7 Å². The quantitative estimate of drug-likeness (QED) is 0.493. The summed E-state index contributed by atoms with van der Waals surface area (Å²) >= 11 is 0. The molecule has 0 amide bonds. The van der Waals surface area contributed by atoms with Crippen LogP contribution in [0.5, 0.6) is 0 Å². The molecule has 9 heteroatoms. The number of hydrogen-bond acceptors (Lipinski definition) is 6. The van der Waals surface area contributed by atoms with Crippen molar-refractivity contribution in [2.45, 2.75) is 6.92 Å².